The third-order valence-corrected chi connectivity index (χ3v) is 5.03. The number of amides is 1. The topological polar surface area (TPSA) is 108 Å². The first-order valence-electron chi connectivity index (χ1n) is 8.46. The molecule has 3 rings (SSSR count). The molecule has 8 nitrogen and oxygen atoms in total. The second kappa shape index (κ2) is 8.30. The zero-order valence-corrected chi connectivity index (χ0v) is 16.0. The van der Waals surface area contributed by atoms with Crippen LogP contribution in [0.5, 0.6) is 11.5 Å². The zero-order chi connectivity index (χ0) is 20.1. The first-order chi connectivity index (χ1) is 13.3. The molecular weight excluding hydrogens is 386 g/mol. The SMILES string of the molecule is CS(=O)(=O)c1ccccc1NC(=O)COC(=O)Cc1ccc2c(c1)OCCO2. The molecular formula is C19H19NO7S. The molecule has 0 radical (unpaired) electrons. The molecule has 0 bridgehead atoms. The second-order valence-electron chi connectivity index (χ2n) is 6.13. The summed E-state index contributed by atoms with van der Waals surface area (Å²) in [6.45, 7) is 0.392. The minimum Gasteiger partial charge on any atom is -0.486 e. The highest BCUT2D eigenvalue weighted by Gasteiger charge is 2.17. The number of ether oxygens (including phenoxy) is 3. The Morgan fingerprint density at radius 2 is 1.79 bits per heavy atom. The Bertz CT molecular complexity index is 1000. The predicted octanol–water partition coefficient (Wildman–Crippen LogP) is 1.59. The summed E-state index contributed by atoms with van der Waals surface area (Å²) >= 11 is 0. The number of para-hydroxylation sites is 1. The van der Waals surface area contributed by atoms with Crippen molar-refractivity contribution >= 4 is 27.4 Å². The minimum absolute atomic E-state index is 0.00838. The van der Waals surface area contributed by atoms with Crippen molar-refractivity contribution in [1.82, 2.24) is 0 Å². The summed E-state index contributed by atoms with van der Waals surface area (Å²) in [5.41, 5.74) is 0.801. The number of fused-ring (bicyclic) bond motifs is 1. The molecule has 1 aliphatic rings. The van der Waals surface area contributed by atoms with Crippen molar-refractivity contribution in [1.29, 1.82) is 0 Å². The molecule has 0 saturated heterocycles. The number of carbonyl (C=O) groups is 2. The molecule has 2 aromatic carbocycles. The molecule has 9 heteroatoms. The van der Waals surface area contributed by atoms with E-state index in [1.54, 1.807) is 30.3 Å². The lowest BCUT2D eigenvalue weighted by Gasteiger charge is -2.18. The summed E-state index contributed by atoms with van der Waals surface area (Å²) < 4.78 is 39.4. The van der Waals surface area contributed by atoms with Crippen LogP contribution in [-0.2, 0) is 30.6 Å². The number of sulfone groups is 1. The fourth-order valence-corrected chi connectivity index (χ4v) is 3.49. The van der Waals surface area contributed by atoms with Gasteiger partial charge in [-0.3, -0.25) is 9.59 Å². The first-order valence-corrected chi connectivity index (χ1v) is 10.3. The van der Waals surface area contributed by atoms with Crippen molar-refractivity contribution in [3.63, 3.8) is 0 Å². The van der Waals surface area contributed by atoms with Crippen molar-refractivity contribution in [2.45, 2.75) is 11.3 Å². The van der Waals surface area contributed by atoms with E-state index >= 15 is 0 Å². The third-order valence-electron chi connectivity index (χ3n) is 3.88. The van der Waals surface area contributed by atoms with Crippen LogP contribution in [0, 0.1) is 0 Å². The minimum atomic E-state index is -3.50. The fourth-order valence-electron chi connectivity index (χ4n) is 2.64. The molecule has 0 aliphatic carbocycles. The number of rotatable bonds is 6. The van der Waals surface area contributed by atoms with Crippen LogP contribution in [0.15, 0.2) is 47.4 Å². The Balaban J connectivity index is 1.55. The summed E-state index contributed by atoms with van der Waals surface area (Å²) in [5.74, 6) is -0.0474. The van der Waals surface area contributed by atoms with E-state index in [9.17, 15) is 18.0 Å². The Kier molecular flexibility index (Phi) is 5.84. The van der Waals surface area contributed by atoms with Crippen LogP contribution in [0.2, 0.25) is 0 Å². The molecule has 1 N–H and O–H groups in total. The average molecular weight is 405 g/mol. The number of anilines is 1. The Hall–Kier alpha value is -3.07. The molecule has 0 unspecified atom stereocenters. The van der Waals surface area contributed by atoms with Gasteiger partial charge < -0.3 is 19.5 Å². The van der Waals surface area contributed by atoms with Gasteiger partial charge in [-0.15, -0.1) is 0 Å². The third kappa shape index (κ3) is 5.01. The molecule has 1 heterocycles. The van der Waals surface area contributed by atoms with Crippen LogP contribution in [-0.4, -0.2) is 46.4 Å². The molecule has 0 aromatic heterocycles. The second-order valence-corrected chi connectivity index (χ2v) is 8.12. The van der Waals surface area contributed by atoms with Gasteiger partial charge in [-0.25, -0.2) is 8.42 Å². The lowest BCUT2D eigenvalue weighted by molar-refractivity contribution is -0.146. The summed E-state index contributed by atoms with van der Waals surface area (Å²) in [4.78, 5) is 24.0. The molecule has 1 amide bonds. The molecule has 2 aromatic rings. The monoisotopic (exact) mass is 405 g/mol. The zero-order valence-electron chi connectivity index (χ0n) is 15.1. The highest BCUT2D eigenvalue weighted by molar-refractivity contribution is 7.90. The van der Waals surface area contributed by atoms with Gasteiger partial charge in [-0.05, 0) is 29.8 Å². The quantitative estimate of drug-likeness (QED) is 0.727. The van der Waals surface area contributed by atoms with Gasteiger partial charge in [0.1, 0.15) is 13.2 Å². The highest BCUT2D eigenvalue weighted by atomic mass is 32.2. The van der Waals surface area contributed by atoms with Crippen molar-refractivity contribution in [2.75, 3.05) is 31.4 Å². The van der Waals surface area contributed by atoms with E-state index in [4.69, 9.17) is 14.2 Å². The van der Waals surface area contributed by atoms with E-state index < -0.39 is 28.3 Å². The Morgan fingerprint density at radius 1 is 1.07 bits per heavy atom. The first kappa shape index (κ1) is 19.7. The number of nitrogens with one attached hydrogen (secondary N) is 1. The molecule has 0 saturated carbocycles. The lowest BCUT2D eigenvalue weighted by atomic mass is 10.1. The molecule has 1 aliphatic heterocycles. The maximum absolute atomic E-state index is 12.0. The number of esters is 1. The van der Waals surface area contributed by atoms with Gasteiger partial charge in [0.25, 0.3) is 5.91 Å². The average Bonchev–Trinajstić information content (AvgIpc) is 2.66. The van der Waals surface area contributed by atoms with Crippen molar-refractivity contribution in [2.24, 2.45) is 0 Å². The maximum atomic E-state index is 12.0. The molecule has 28 heavy (non-hydrogen) atoms. The largest absolute Gasteiger partial charge is 0.486 e. The van der Waals surface area contributed by atoms with E-state index in [-0.39, 0.29) is 17.0 Å². The van der Waals surface area contributed by atoms with Crippen molar-refractivity contribution < 1.29 is 32.2 Å². The smallest absolute Gasteiger partial charge is 0.310 e. The van der Waals surface area contributed by atoms with Crippen LogP contribution in [0.1, 0.15) is 5.56 Å². The normalized spacial score (nSPS) is 12.9. The van der Waals surface area contributed by atoms with Crippen molar-refractivity contribution in [3.8, 4) is 11.5 Å². The van der Waals surface area contributed by atoms with E-state index in [0.29, 0.717) is 30.3 Å². The van der Waals surface area contributed by atoms with Crippen LogP contribution in [0.4, 0.5) is 5.69 Å². The maximum Gasteiger partial charge on any atom is 0.310 e. The molecule has 148 valence electrons. The number of benzene rings is 2. The van der Waals surface area contributed by atoms with E-state index in [0.717, 1.165) is 6.26 Å². The van der Waals surface area contributed by atoms with Gasteiger partial charge in [0.15, 0.2) is 27.9 Å². The van der Waals surface area contributed by atoms with Crippen molar-refractivity contribution in [3.05, 3.63) is 48.0 Å². The Morgan fingerprint density at radius 3 is 2.54 bits per heavy atom. The van der Waals surface area contributed by atoms with Crippen LogP contribution >= 0.6 is 0 Å². The van der Waals surface area contributed by atoms with Gasteiger partial charge in [-0.2, -0.15) is 0 Å². The fraction of sp³-hybridized carbons (Fsp3) is 0.263. The molecule has 0 fully saturated rings. The summed E-state index contributed by atoms with van der Waals surface area (Å²) in [6.07, 6.45) is 1.01. The van der Waals surface area contributed by atoms with E-state index in [1.165, 1.54) is 12.1 Å². The number of hydrogen-bond donors (Lipinski definition) is 1. The van der Waals surface area contributed by atoms with Gasteiger partial charge in [0.2, 0.25) is 0 Å². The van der Waals surface area contributed by atoms with Crippen LogP contribution < -0.4 is 14.8 Å². The summed E-state index contributed by atoms with van der Waals surface area (Å²) in [5, 5.41) is 2.45. The summed E-state index contributed by atoms with van der Waals surface area (Å²) in [6, 6.07) is 11.1. The Labute approximate surface area is 162 Å². The standard InChI is InChI=1S/C19H19NO7S/c1-28(23,24)17-5-3-2-4-14(17)20-18(21)12-27-19(22)11-13-6-7-15-16(10-13)26-9-8-25-15/h2-7,10H,8-9,11-12H2,1H3,(H,20,21). The van der Waals surface area contributed by atoms with Gasteiger partial charge in [0.05, 0.1) is 17.0 Å². The van der Waals surface area contributed by atoms with Gasteiger partial charge >= 0.3 is 5.97 Å². The van der Waals surface area contributed by atoms with E-state index in [2.05, 4.69) is 5.32 Å². The van der Waals surface area contributed by atoms with Gasteiger partial charge in [0, 0.05) is 6.26 Å². The van der Waals surface area contributed by atoms with Gasteiger partial charge in [-0.1, -0.05) is 18.2 Å². The van der Waals surface area contributed by atoms with E-state index in [1.807, 2.05) is 0 Å². The summed E-state index contributed by atoms with van der Waals surface area (Å²) in [7, 11) is -3.50. The van der Waals surface area contributed by atoms with Crippen LogP contribution in [0.25, 0.3) is 0 Å². The van der Waals surface area contributed by atoms with Crippen LogP contribution in [0.3, 0.4) is 0 Å². The number of carbonyl (C=O) groups excluding carboxylic acids is 2. The number of hydrogen-bond acceptors (Lipinski definition) is 7. The predicted molar refractivity (Wildman–Crippen MR) is 100 cm³/mol. The molecule has 0 atom stereocenters. The lowest BCUT2D eigenvalue weighted by Crippen LogP contribution is -2.22. The molecule has 0 spiro atoms. The highest BCUT2D eigenvalue weighted by Crippen LogP contribution is 2.30.